The number of nitrogens with zero attached hydrogens (tertiary/aromatic N) is 3. The summed E-state index contributed by atoms with van der Waals surface area (Å²) in [5.74, 6) is 2.55. The smallest absolute Gasteiger partial charge is 0.244 e. The molecule has 2 fully saturated rings. The number of fused-ring (bicyclic) bond motifs is 1. The van der Waals surface area contributed by atoms with Crippen LogP contribution in [0.1, 0.15) is 18.7 Å². The third-order valence-electron chi connectivity index (χ3n) is 3.47. The van der Waals surface area contributed by atoms with E-state index < -0.39 is 0 Å². The van der Waals surface area contributed by atoms with Crippen LogP contribution in [0.2, 0.25) is 0 Å². The van der Waals surface area contributed by atoms with E-state index in [4.69, 9.17) is 0 Å². The van der Waals surface area contributed by atoms with Crippen molar-refractivity contribution in [1.82, 2.24) is 20.5 Å². The molecule has 2 atom stereocenters. The van der Waals surface area contributed by atoms with E-state index in [-0.39, 0.29) is 0 Å². The first-order valence-electron chi connectivity index (χ1n) is 5.70. The fraction of sp³-hybridized carbons (Fsp3) is 0.800. The lowest BCUT2D eigenvalue weighted by Crippen LogP contribution is -2.40. The fourth-order valence-corrected chi connectivity index (χ4v) is 2.68. The van der Waals surface area contributed by atoms with Gasteiger partial charge in [0, 0.05) is 19.1 Å². The van der Waals surface area contributed by atoms with Gasteiger partial charge in [0.05, 0.1) is 0 Å². The van der Waals surface area contributed by atoms with Crippen LogP contribution in [-0.2, 0) is 0 Å². The van der Waals surface area contributed by atoms with Crippen LogP contribution in [0, 0.1) is 12.8 Å². The number of H-pyrrole nitrogens is 1. The average Bonchev–Trinajstić information content (AvgIpc) is 2.82. The number of anilines is 1. The molecule has 5 nitrogen and oxygen atoms in total. The molecule has 0 saturated carbocycles. The molecule has 82 valence electrons. The first kappa shape index (κ1) is 9.15. The molecule has 2 saturated heterocycles. The van der Waals surface area contributed by atoms with Gasteiger partial charge < -0.3 is 10.2 Å². The predicted octanol–water partition coefficient (Wildman–Crippen LogP) is 0.301. The van der Waals surface area contributed by atoms with Gasteiger partial charge in [0.25, 0.3) is 0 Å². The van der Waals surface area contributed by atoms with Crippen molar-refractivity contribution in [3.05, 3.63) is 5.82 Å². The van der Waals surface area contributed by atoms with Crippen molar-refractivity contribution in [1.29, 1.82) is 0 Å². The van der Waals surface area contributed by atoms with Crippen molar-refractivity contribution in [2.24, 2.45) is 5.92 Å². The van der Waals surface area contributed by atoms with Gasteiger partial charge in [-0.3, -0.25) is 5.10 Å². The highest BCUT2D eigenvalue weighted by Crippen LogP contribution is 2.26. The summed E-state index contributed by atoms with van der Waals surface area (Å²) in [6.45, 7) is 5.27. The van der Waals surface area contributed by atoms with E-state index in [1.807, 2.05) is 6.92 Å². The predicted molar refractivity (Wildman–Crippen MR) is 57.8 cm³/mol. The maximum absolute atomic E-state index is 4.38. The molecule has 0 radical (unpaired) electrons. The maximum atomic E-state index is 4.38. The van der Waals surface area contributed by atoms with E-state index in [0.29, 0.717) is 6.04 Å². The molecule has 0 spiro atoms. The Hall–Kier alpha value is -1.10. The van der Waals surface area contributed by atoms with Crippen molar-refractivity contribution in [2.75, 3.05) is 24.5 Å². The van der Waals surface area contributed by atoms with Crippen LogP contribution >= 0.6 is 0 Å². The van der Waals surface area contributed by atoms with Crippen molar-refractivity contribution in [3.8, 4) is 0 Å². The number of aromatic nitrogens is 3. The lowest BCUT2D eigenvalue weighted by Gasteiger charge is -2.24. The SMILES string of the molecule is Cc1nc(N2CC3CCCNC3C2)n[nH]1. The quantitative estimate of drug-likeness (QED) is 0.695. The number of rotatable bonds is 1. The lowest BCUT2D eigenvalue weighted by atomic mass is 9.94. The highest BCUT2D eigenvalue weighted by Gasteiger charge is 2.35. The normalized spacial score (nSPS) is 30.6. The zero-order valence-corrected chi connectivity index (χ0v) is 9.03. The Labute approximate surface area is 89.3 Å². The number of nitrogens with one attached hydrogen (secondary N) is 2. The Morgan fingerprint density at radius 2 is 2.33 bits per heavy atom. The second-order valence-corrected chi connectivity index (χ2v) is 4.59. The Bertz CT molecular complexity index is 333. The molecule has 2 aliphatic heterocycles. The zero-order chi connectivity index (χ0) is 10.3. The van der Waals surface area contributed by atoms with Gasteiger partial charge in [-0.2, -0.15) is 4.98 Å². The summed E-state index contributed by atoms with van der Waals surface area (Å²) in [5.41, 5.74) is 0. The van der Waals surface area contributed by atoms with Gasteiger partial charge in [-0.25, -0.2) is 0 Å². The summed E-state index contributed by atoms with van der Waals surface area (Å²) >= 11 is 0. The van der Waals surface area contributed by atoms with Crippen LogP contribution in [0.15, 0.2) is 0 Å². The van der Waals surface area contributed by atoms with Crippen LogP contribution < -0.4 is 10.2 Å². The Morgan fingerprint density at radius 1 is 1.40 bits per heavy atom. The van der Waals surface area contributed by atoms with Gasteiger partial charge in [-0.05, 0) is 32.2 Å². The molecule has 2 aliphatic rings. The average molecular weight is 207 g/mol. The van der Waals surface area contributed by atoms with Gasteiger partial charge in [0.15, 0.2) is 0 Å². The van der Waals surface area contributed by atoms with Crippen LogP contribution in [0.4, 0.5) is 5.95 Å². The number of hydrogen-bond acceptors (Lipinski definition) is 4. The first-order chi connectivity index (χ1) is 7.33. The van der Waals surface area contributed by atoms with Gasteiger partial charge in [0.2, 0.25) is 5.95 Å². The van der Waals surface area contributed by atoms with E-state index in [9.17, 15) is 0 Å². The summed E-state index contributed by atoms with van der Waals surface area (Å²) in [4.78, 5) is 6.67. The number of aromatic amines is 1. The second-order valence-electron chi connectivity index (χ2n) is 4.59. The largest absolute Gasteiger partial charge is 0.338 e. The molecule has 15 heavy (non-hydrogen) atoms. The van der Waals surface area contributed by atoms with Crippen LogP contribution in [0.5, 0.6) is 0 Å². The Kier molecular flexibility index (Phi) is 2.12. The molecule has 0 aliphatic carbocycles. The minimum atomic E-state index is 0.651. The van der Waals surface area contributed by atoms with Gasteiger partial charge >= 0.3 is 0 Å². The molecule has 1 aromatic heterocycles. The van der Waals surface area contributed by atoms with E-state index in [1.54, 1.807) is 0 Å². The molecule has 0 amide bonds. The number of hydrogen-bond donors (Lipinski definition) is 2. The van der Waals surface area contributed by atoms with Gasteiger partial charge in [0.1, 0.15) is 5.82 Å². The van der Waals surface area contributed by atoms with Gasteiger partial charge in [-0.15, -0.1) is 5.10 Å². The topological polar surface area (TPSA) is 56.8 Å². The summed E-state index contributed by atoms with van der Waals surface area (Å²) in [6.07, 6.45) is 2.65. The number of aryl methyl sites for hydroxylation is 1. The minimum absolute atomic E-state index is 0.651. The molecule has 2 N–H and O–H groups in total. The summed E-state index contributed by atoms with van der Waals surface area (Å²) in [5, 5.41) is 10.7. The molecule has 3 heterocycles. The van der Waals surface area contributed by atoms with Crippen LogP contribution in [0.3, 0.4) is 0 Å². The maximum Gasteiger partial charge on any atom is 0.244 e. The van der Waals surface area contributed by atoms with Crippen molar-refractivity contribution < 1.29 is 0 Å². The van der Waals surface area contributed by atoms with Gasteiger partial charge in [-0.1, -0.05) is 0 Å². The highest BCUT2D eigenvalue weighted by atomic mass is 15.4. The third-order valence-corrected chi connectivity index (χ3v) is 3.47. The molecule has 3 rings (SSSR count). The van der Waals surface area contributed by atoms with Crippen molar-refractivity contribution in [2.45, 2.75) is 25.8 Å². The molecular formula is C10H17N5. The van der Waals surface area contributed by atoms with E-state index in [1.165, 1.54) is 19.4 Å². The van der Waals surface area contributed by atoms with Crippen LogP contribution in [0.25, 0.3) is 0 Å². The van der Waals surface area contributed by atoms with E-state index >= 15 is 0 Å². The summed E-state index contributed by atoms with van der Waals surface area (Å²) < 4.78 is 0. The highest BCUT2D eigenvalue weighted by molar-refractivity contribution is 5.32. The minimum Gasteiger partial charge on any atom is -0.338 e. The first-order valence-corrected chi connectivity index (χ1v) is 5.70. The Balaban J connectivity index is 1.74. The molecule has 1 aromatic rings. The van der Waals surface area contributed by atoms with E-state index in [0.717, 1.165) is 30.8 Å². The van der Waals surface area contributed by atoms with E-state index in [2.05, 4.69) is 25.4 Å². The lowest BCUT2D eigenvalue weighted by molar-refractivity contribution is 0.340. The second kappa shape index (κ2) is 3.48. The molecular weight excluding hydrogens is 190 g/mol. The monoisotopic (exact) mass is 207 g/mol. The number of piperidine rings is 1. The zero-order valence-electron chi connectivity index (χ0n) is 9.03. The van der Waals surface area contributed by atoms with Crippen molar-refractivity contribution >= 4 is 5.95 Å². The third kappa shape index (κ3) is 1.61. The Morgan fingerprint density at radius 3 is 3.07 bits per heavy atom. The standard InChI is InChI=1S/C10H17N5/c1-7-12-10(14-13-7)15-5-8-3-2-4-11-9(8)6-15/h8-9,11H,2-6H2,1H3,(H,12,13,14). The molecule has 2 unspecified atom stereocenters. The fourth-order valence-electron chi connectivity index (χ4n) is 2.68. The molecule has 5 heteroatoms. The molecule has 0 bridgehead atoms. The summed E-state index contributed by atoms with van der Waals surface area (Å²) in [7, 11) is 0. The van der Waals surface area contributed by atoms with Crippen LogP contribution in [-0.4, -0.2) is 40.9 Å². The van der Waals surface area contributed by atoms with Crippen molar-refractivity contribution in [3.63, 3.8) is 0 Å². The summed E-state index contributed by atoms with van der Waals surface area (Å²) in [6, 6.07) is 0.651. The molecule has 0 aromatic carbocycles.